The van der Waals surface area contributed by atoms with E-state index in [0.717, 1.165) is 11.1 Å². The summed E-state index contributed by atoms with van der Waals surface area (Å²) in [5.74, 6) is 1.29. The number of aliphatic imine (C=N–C) groups is 1. The van der Waals surface area contributed by atoms with Crippen LogP contribution in [0.4, 0.5) is 0 Å². The van der Waals surface area contributed by atoms with Crippen LogP contribution in [0.1, 0.15) is 62.8 Å². The van der Waals surface area contributed by atoms with Crippen molar-refractivity contribution < 1.29 is 43.1 Å². The normalized spacial score (nSPS) is 16.6. The van der Waals surface area contributed by atoms with E-state index in [9.17, 15) is 9.59 Å². The van der Waals surface area contributed by atoms with Gasteiger partial charge in [-0.1, -0.05) is 54.6 Å². The lowest BCUT2D eigenvalue weighted by atomic mass is 9.83. The topological polar surface area (TPSA) is 134 Å². The third-order valence-corrected chi connectivity index (χ3v) is 8.66. The van der Waals surface area contributed by atoms with Crippen LogP contribution in [0.15, 0.2) is 96.0 Å². The van der Waals surface area contributed by atoms with Crippen LogP contribution in [0.2, 0.25) is 0 Å². The van der Waals surface area contributed by atoms with Crippen molar-refractivity contribution in [2.45, 2.75) is 63.8 Å². The van der Waals surface area contributed by atoms with Gasteiger partial charge in [-0.2, -0.15) is 0 Å². The Morgan fingerprint density at radius 1 is 0.849 bits per heavy atom. The van der Waals surface area contributed by atoms with Gasteiger partial charge >= 0.3 is 5.97 Å². The van der Waals surface area contributed by atoms with E-state index in [0.29, 0.717) is 52.7 Å². The number of carbonyl (C=O) groups is 2. The first-order chi connectivity index (χ1) is 25.5. The summed E-state index contributed by atoms with van der Waals surface area (Å²) in [7, 11) is 4.58. The van der Waals surface area contributed by atoms with E-state index in [1.54, 1.807) is 57.2 Å². The highest BCUT2D eigenvalue weighted by Crippen LogP contribution is 2.44. The lowest BCUT2D eigenvalue weighted by Gasteiger charge is -2.31. The fourth-order valence-corrected chi connectivity index (χ4v) is 6.11. The van der Waals surface area contributed by atoms with Gasteiger partial charge in [-0.3, -0.25) is 9.59 Å². The molecule has 11 heteroatoms. The number of nitrogens with one attached hydrogen (secondary N) is 1. The Bertz CT molecular complexity index is 1840. The van der Waals surface area contributed by atoms with E-state index in [-0.39, 0.29) is 31.9 Å². The van der Waals surface area contributed by atoms with E-state index in [4.69, 9.17) is 38.5 Å². The summed E-state index contributed by atoms with van der Waals surface area (Å²) in [5, 5.41) is 12.2. The molecule has 0 unspecified atom stereocenters. The molecule has 2 N–H and O–H groups in total. The van der Waals surface area contributed by atoms with Crippen molar-refractivity contribution in [3.63, 3.8) is 0 Å². The second kappa shape index (κ2) is 17.3. The number of hydrogen-bond acceptors (Lipinski definition) is 10. The van der Waals surface area contributed by atoms with Gasteiger partial charge in [0, 0.05) is 31.6 Å². The summed E-state index contributed by atoms with van der Waals surface area (Å²) in [4.78, 5) is 33.0. The van der Waals surface area contributed by atoms with Crippen LogP contribution in [0.25, 0.3) is 11.1 Å². The Balaban J connectivity index is 1.55. The molecular formula is C42H48N2O9. The number of aliphatic hydroxyl groups is 1. The van der Waals surface area contributed by atoms with Crippen LogP contribution in [-0.2, 0) is 25.6 Å². The predicted octanol–water partition coefficient (Wildman–Crippen LogP) is 6.84. The molecular weight excluding hydrogens is 676 g/mol. The van der Waals surface area contributed by atoms with E-state index in [1.165, 1.54) is 21.3 Å². The highest BCUT2D eigenvalue weighted by molar-refractivity contribution is 6.01. The largest absolute Gasteiger partial charge is 0.494 e. The Hall–Kier alpha value is -5.55. The smallest absolute Gasteiger partial charge is 0.306 e. The maximum atomic E-state index is 14.7. The van der Waals surface area contributed by atoms with Gasteiger partial charge in [-0.25, -0.2) is 4.99 Å². The molecule has 0 spiro atoms. The molecule has 1 amide bonds. The second-order valence-electron chi connectivity index (χ2n) is 13.6. The summed E-state index contributed by atoms with van der Waals surface area (Å²) < 4.78 is 34.6. The zero-order valence-corrected chi connectivity index (χ0v) is 31.1. The monoisotopic (exact) mass is 724 g/mol. The van der Waals surface area contributed by atoms with Crippen LogP contribution in [0.5, 0.6) is 23.0 Å². The molecule has 0 fully saturated rings. The lowest BCUT2D eigenvalue weighted by molar-refractivity contribution is -0.155. The summed E-state index contributed by atoms with van der Waals surface area (Å²) in [6.07, 6.45) is -0.482. The summed E-state index contributed by atoms with van der Waals surface area (Å²) in [6.45, 7) is 5.89. The number of amides is 1. The minimum atomic E-state index is -1.57. The van der Waals surface area contributed by atoms with Crippen molar-refractivity contribution in [2.24, 2.45) is 4.99 Å². The third-order valence-electron chi connectivity index (χ3n) is 8.66. The molecule has 1 heterocycles. The highest BCUT2D eigenvalue weighted by atomic mass is 16.6. The van der Waals surface area contributed by atoms with Crippen LogP contribution in [0.3, 0.4) is 0 Å². The number of benzene rings is 4. The Kier molecular flexibility index (Phi) is 12.6. The molecule has 0 radical (unpaired) electrons. The van der Waals surface area contributed by atoms with Crippen molar-refractivity contribution in [1.82, 2.24) is 5.32 Å². The van der Waals surface area contributed by atoms with Crippen molar-refractivity contribution >= 4 is 17.8 Å². The average Bonchev–Trinajstić information content (AvgIpc) is 3.56. The highest BCUT2D eigenvalue weighted by Gasteiger charge is 2.53. The third kappa shape index (κ3) is 9.47. The Morgan fingerprint density at radius 3 is 2.06 bits per heavy atom. The van der Waals surface area contributed by atoms with Crippen molar-refractivity contribution in [1.29, 1.82) is 0 Å². The molecule has 0 saturated carbocycles. The maximum absolute atomic E-state index is 14.7. The number of aliphatic hydroxyl groups excluding tert-OH is 1. The molecule has 2 atom stereocenters. The van der Waals surface area contributed by atoms with Crippen molar-refractivity contribution in [3.8, 4) is 34.1 Å². The van der Waals surface area contributed by atoms with Gasteiger partial charge in [-0.05, 0) is 85.8 Å². The van der Waals surface area contributed by atoms with E-state index in [2.05, 4.69) is 5.32 Å². The van der Waals surface area contributed by atoms with Gasteiger partial charge in [-0.15, -0.1) is 0 Å². The first kappa shape index (κ1) is 38.7. The number of carbonyl (C=O) groups excluding carboxylic acids is 2. The van der Waals surface area contributed by atoms with Crippen molar-refractivity contribution in [3.05, 3.63) is 108 Å². The lowest BCUT2D eigenvalue weighted by Crippen LogP contribution is -2.48. The average molecular weight is 725 g/mol. The van der Waals surface area contributed by atoms with E-state index in [1.807, 2.05) is 54.6 Å². The minimum absolute atomic E-state index is 0.0000404. The number of ether oxygens (including phenoxy) is 6. The molecule has 1 aliphatic rings. The van der Waals surface area contributed by atoms with Crippen LogP contribution >= 0.6 is 0 Å². The van der Waals surface area contributed by atoms with Crippen molar-refractivity contribution in [2.75, 3.05) is 34.5 Å². The van der Waals surface area contributed by atoms with Gasteiger partial charge in [0.2, 0.25) is 11.6 Å². The molecule has 280 valence electrons. The number of esters is 1. The number of nitrogens with zero attached hydrogens (tertiary/aromatic N) is 1. The number of hydrogen-bond donors (Lipinski definition) is 2. The number of rotatable bonds is 16. The fourth-order valence-electron chi connectivity index (χ4n) is 6.11. The van der Waals surface area contributed by atoms with E-state index >= 15 is 0 Å². The quantitative estimate of drug-likeness (QED) is 0.0942. The summed E-state index contributed by atoms with van der Waals surface area (Å²) in [5.41, 5.74) is 1.78. The van der Waals surface area contributed by atoms with Crippen LogP contribution in [-0.4, -0.2) is 68.6 Å². The summed E-state index contributed by atoms with van der Waals surface area (Å²) >= 11 is 0. The van der Waals surface area contributed by atoms with Gasteiger partial charge in [0.1, 0.15) is 11.4 Å². The minimum Gasteiger partial charge on any atom is -0.494 e. The van der Waals surface area contributed by atoms with Gasteiger partial charge in [0.15, 0.2) is 23.1 Å². The Labute approximate surface area is 310 Å². The molecule has 1 aliphatic heterocycles. The van der Waals surface area contributed by atoms with Gasteiger partial charge in [0.25, 0.3) is 5.91 Å². The molecule has 0 saturated heterocycles. The molecule has 4 aromatic carbocycles. The standard InChI is InChI=1S/C42H48N2O9/c1-41(2,3)53-36(46)21-22-42(40(47)43-27-28-25-34(48-4)37(50-6)35(26-28)49-5)38(31-15-13-30(14-16-31)29-11-8-7-9-12-29)52-39(44-42)32-17-19-33(20-18-32)51-24-10-23-45/h7-9,11-20,25-26,38,45H,10,21-24,27H2,1-6H3,(H,43,47)/t38-,42-/m1/s1. The maximum Gasteiger partial charge on any atom is 0.306 e. The van der Waals surface area contributed by atoms with Gasteiger partial charge < -0.3 is 38.8 Å². The SMILES string of the molecule is COc1cc(CNC(=O)[C@]2(CCC(=O)OC(C)(C)C)N=C(c3ccc(OCCCO)cc3)O[C@@H]2c2ccc(-c3ccccc3)cc2)cc(OC)c1OC. The fraction of sp³-hybridized carbons (Fsp3) is 0.357. The molecule has 5 rings (SSSR count). The molecule has 0 bridgehead atoms. The Morgan fingerprint density at radius 2 is 1.47 bits per heavy atom. The summed E-state index contributed by atoms with van der Waals surface area (Å²) in [6, 6.07) is 28.5. The zero-order chi connectivity index (χ0) is 38.0. The molecule has 4 aromatic rings. The predicted molar refractivity (Wildman–Crippen MR) is 202 cm³/mol. The molecule has 53 heavy (non-hydrogen) atoms. The van der Waals surface area contributed by atoms with Crippen LogP contribution < -0.4 is 24.3 Å². The second-order valence-corrected chi connectivity index (χ2v) is 13.6. The molecule has 11 nitrogen and oxygen atoms in total. The first-order valence-corrected chi connectivity index (χ1v) is 17.5. The first-order valence-electron chi connectivity index (χ1n) is 17.5. The zero-order valence-electron chi connectivity index (χ0n) is 31.1. The molecule has 0 aromatic heterocycles. The molecule has 0 aliphatic carbocycles. The van der Waals surface area contributed by atoms with E-state index < -0.39 is 29.1 Å². The van der Waals surface area contributed by atoms with Gasteiger partial charge in [0.05, 0.1) is 27.9 Å². The van der Waals surface area contributed by atoms with Crippen LogP contribution in [0, 0.1) is 0 Å². The number of methoxy groups -OCH3 is 3.